The van der Waals surface area contributed by atoms with E-state index in [9.17, 15) is 0 Å². The topological polar surface area (TPSA) is 62.9 Å². The van der Waals surface area contributed by atoms with Crippen LogP contribution in [-0.2, 0) is 0 Å². The standard InChI is InChI=1S/C10H8N2O/c1-6-3-2-4-8-9(6)7(5-11)10(12)13-8/h2-4H,12H2,1H3. The van der Waals surface area contributed by atoms with Crippen LogP contribution in [0, 0.1) is 18.3 Å². The molecule has 0 fully saturated rings. The molecule has 2 rings (SSSR count). The minimum absolute atomic E-state index is 0.201. The number of fused-ring (bicyclic) bond motifs is 1. The van der Waals surface area contributed by atoms with E-state index < -0.39 is 0 Å². The summed E-state index contributed by atoms with van der Waals surface area (Å²) in [6.07, 6.45) is 0. The molecule has 1 aromatic heterocycles. The number of benzene rings is 1. The van der Waals surface area contributed by atoms with Gasteiger partial charge in [-0.2, -0.15) is 5.26 Å². The zero-order valence-electron chi connectivity index (χ0n) is 7.16. The third-order valence-corrected chi connectivity index (χ3v) is 2.06. The Balaban J connectivity index is 2.99. The first-order chi connectivity index (χ1) is 6.24. The van der Waals surface area contributed by atoms with Gasteiger partial charge in [-0.15, -0.1) is 0 Å². The molecule has 3 nitrogen and oxygen atoms in total. The average Bonchev–Trinajstić information content (AvgIpc) is 2.42. The van der Waals surface area contributed by atoms with Crippen molar-refractivity contribution >= 4 is 16.9 Å². The summed E-state index contributed by atoms with van der Waals surface area (Å²) in [5, 5.41) is 9.66. The third kappa shape index (κ3) is 0.960. The molecule has 1 heterocycles. The number of anilines is 1. The highest BCUT2D eigenvalue weighted by Crippen LogP contribution is 2.29. The van der Waals surface area contributed by atoms with Gasteiger partial charge < -0.3 is 10.2 Å². The molecular weight excluding hydrogens is 164 g/mol. The van der Waals surface area contributed by atoms with Crippen LogP contribution in [0.1, 0.15) is 11.1 Å². The molecule has 0 atom stereocenters. The zero-order valence-corrected chi connectivity index (χ0v) is 7.16. The van der Waals surface area contributed by atoms with E-state index in [0.29, 0.717) is 11.1 Å². The summed E-state index contributed by atoms with van der Waals surface area (Å²) < 4.78 is 5.23. The van der Waals surface area contributed by atoms with E-state index in [0.717, 1.165) is 10.9 Å². The van der Waals surface area contributed by atoms with Crippen LogP contribution in [0.2, 0.25) is 0 Å². The molecule has 2 N–H and O–H groups in total. The highest BCUT2D eigenvalue weighted by molar-refractivity contribution is 5.91. The highest BCUT2D eigenvalue weighted by Gasteiger charge is 2.12. The van der Waals surface area contributed by atoms with E-state index in [1.165, 1.54) is 0 Å². The van der Waals surface area contributed by atoms with Gasteiger partial charge in [0.15, 0.2) is 0 Å². The number of rotatable bonds is 0. The largest absolute Gasteiger partial charge is 0.439 e. The Morgan fingerprint density at radius 2 is 2.23 bits per heavy atom. The number of nitrogens with two attached hydrogens (primary N) is 1. The number of hydrogen-bond acceptors (Lipinski definition) is 3. The van der Waals surface area contributed by atoms with Gasteiger partial charge in [-0.25, -0.2) is 0 Å². The van der Waals surface area contributed by atoms with Crippen molar-refractivity contribution in [1.29, 1.82) is 5.26 Å². The lowest BCUT2D eigenvalue weighted by molar-refractivity contribution is 0.636. The summed E-state index contributed by atoms with van der Waals surface area (Å²) in [7, 11) is 0. The second-order valence-corrected chi connectivity index (χ2v) is 2.90. The van der Waals surface area contributed by atoms with Crippen LogP contribution >= 0.6 is 0 Å². The number of nitriles is 1. The molecule has 64 valence electrons. The molecule has 2 aromatic rings. The van der Waals surface area contributed by atoms with Gasteiger partial charge in [-0.05, 0) is 18.6 Å². The van der Waals surface area contributed by atoms with Crippen LogP contribution < -0.4 is 5.73 Å². The van der Waals surface area contributed by atoms with Crippen LogP contribution in [-0.4, -0.2) is 0 Å². The predicted octanol–water partition coefficient (Wildman–Crippen LogP) is 2.20. The van der Waals surface area contributed by atoms with Crippen molar-refractivity contribution < 1.29 is 4.42 Å². The molecule has 13 heavy (non-hydrogen) atoms. The fourth-order valence-corrected chi connectivity index (χ4v) is 1.45. The lowest BCUT2D eigenvalue weighted by atomic mass is 10.1. The van der Waals surface area contributed by atoms with E-state index in [1.807, 2.05) is 25.1 Å². The van der Waals surface area contributed by atoms with Crippen LogP contribution in [0.5, 0.6) is 0 Å². The van der Waals surface area contributed by atoms with Gasteiger partial charge in [-0.1, -0.05) is 12.1 Å². The molecule has 0 spiro atoms. The fourth-order valence-electron chi connectivity index (χ4n) is 1.45. The fraction of sp³-hybridized carbons (Fsp3) is 0.100. The Morgan fingerprint density at radius 3 is 2.92 bits per heavy atom. The Kier molecular flexibility index (Phi) is 1.49. The van der Waals surface area contributed by atoms with Crippen molar-refractivity contribution in [2.75, 3.05) is 5.73 Å². The van der Waals surface area contributed by atoms with Crippen molar-refractivity contribution in [3.05, 3.63) is 29.3 Å². The van der Waals surface area contributed by atoms with Crippen molar-refractivity contribution in [2.45, 2.75) is 6.92 Å². The second-order valence-electron chi connectivity index (χ2n) is 2.90. The van der Waals surface area contributed by atoms with Crippen molar-refractivity contribution in [1.82, 2.24) is 0 Å². The monoisotopic (exact) mass is 172 g/mol. The van der Waals surface area contributed by atoms with E-state index in [4.69, 9.17) is 15.4 Å². The van der Waals surface area contributed by atoms with Gasteiger partial charge in [0, 0.05) is 5.39 Å². The summed E-state index contributed by atoms with van der Waals surface area (Å²) in [5.74, 6) is 0.201. The highest BCUT2D eigenvalue weighted by atomic mass is 16.3. The number of furan rings is 1. The molecule has 0 radical (unpaired) electrons. The van der Waals surface area contributed by atoms with Gasteiger partial charge in [0.05, 0.1) is 0 Å². The first-order valence-corrected chi connectivity index (χ1v) is 3.91. The molecule has 0 amide bonds. The second kappa shape index (κ2) is 2.53. The van der Waals surface area contributed by atoms with E-state index in [-0.39, 0.29) is 5.88 Å². The van der Waals surface area contributed by atoms with E-state index >= 15 is 0 Å². The average molecular weight is 172 g/mol. The summed E-state index contributed by atoms with van der Waals surface area (Å²) in [5.41, 5.74) is 7.67. The zero-order chi connectivity index (χ0) is 9.42. The van der Waals surface area contributed by atoms with E-state index in [2.05, 4.69) is 0 Å². The Labute approximate surface area is 75.4 Å². The number of aryl methyl sites for hydroxylation is 1. The van der Waals surface area contributed by atoms with Crippen LogP contribution in [0.15, 0.2) is 22.6 Å². The van der Waals surface area contributed by atoms with Crippen molar-refractivity contribution in [3.8, 4) is 6.07 Å². The summed E-state index contributed by atoms with van der Waals surface area (Å²) in [6.45, 7) is 1.93. The lowest BCUT2D eigenvalue weighted by Gasteiger charge is -1.92. The smallest absolute Gasteiger partial charge is 0.209 e. The van der Waals surface area contributed by atoms with Crippen LogP contribution in [0.3, 0.4) is 0 Å². The lowest BCUT2D eigenvalue weighted by Crippen LogP contribution is -1.84. The van der Waals surface area contributed by atoms with Crippen LogP contribution in [0.25, 0.3) is 11.0 Å². The molecule has 0 aliphatic heterocycles. The van der Waals surface area contributed by atoms with Crippen molar-refractivity contribution in [3.63, 3.8) is 0 Å². The number of nitrogen functional groups attached to an aromatic ring is 1. The molecule has 0 saturated heterocycles. The molecule has 0 bridgehead atoms. The third-order valence-electron chi connectivity index (χ3n) is 2.06. The maximum Gasteiger partial charge on any atom is 0.209 e. The van der Waals surface area contributed by atoms with Gasteiger partial charge in [0.25, 0.3) is 0 Å². The Hall–Kier alpha value is -1.95. The molecule has 0 aliphatic carbocycles. The first kappa shape index (κ1) is 7.69. The van der Waals surface area contributed by atoms with Crippen molar-refractivity contribution in [2.24, 2.45) is 0 Å². The quantitative estimate of drug-likeness (QED) is 0.662. The molecule has 0 unspecified atom stereocenters. The molecule has 1 aromatic carbocycles. The van der Waals surface area contributed by atoms with Gasteiger partial charge in [-0.3, -0.25) is 0 Å². The van der Waals surface area contributed by atoms with E-state index in [1.54, 1.807) is 6.07 Å². The predicted molar refractivity (Wildman–Crippen MR) is 50.1 cm³/mol. The van der Waals surface area contributed by atoms with Gasteiger partial charge in [0.1, 0.15) is 17.2 Å². The minimum Gasteiger partial charge on any atom is -0.439 e. The maximum absolute atomic E-state index is 8.84. The normalized spacial score (nSPS) is 10.2. The van der Waals surface area contributed by atoms with Gasteiger partial charge in [0.2, 0.25) is 5.88 Å². The first-order valence-electron chi connectivity index (χ1n) is 3.91. The van der Waals surface area contributed by atoms with Gasteiger partial charge >= 0.3 is 0 Å². The summed E-state index contributed by atoms with van der Waals surface area (Å²) in [4.78, 5) is 0. The Bertz CT molecular complexity index is 505. The molecular formula is C10H8N2O. The Morgan fingerprint density at radius 1 is 1.46 bits per heavy atom. The summed E-state index contributed by atoms with van der Waals surface area (Å²) >= 11 is 0. The SMILES string of the molecule is Cc1cccc2oc(N)c(C#N)c12. The molecule has 3 heteroatoms. The number of hydrogen-bond donors (Lipinski definition) is 1. The van der Waals surface area contributed by atoms with Crippen LogP contribution in [0.4, 0.5) is 5.88 Å². The molecule has 0 saturated carbocycles. The number of nitrogens with zero attached hydrogens (tertiary/aromatic N) is 1. The minimum atomic E-state index is 0.201. The molecule has 0 aliphatic rings. The summed E-state index contributed by atoms with van der Waals surface area (Å²) in [6, 6.07) is 7.65. The maximum atomic E-state index is 8.84.